The van der Waals surface area contributed by atoms with Crippen LogP contribution in [0.5, 0.6) is 0 Å². The van der Waals surface area contributed by atoms with Crippen LogP contribution in [0, 0.1) is 0 Å². The first-order valence-electron chi connectivity index (χ1n) is 4.60. The summed E-state index contributed by atoms with van der Waals surface area (Å²) in [6.07, 6.45) is 2.09. The summed E-state index contributed by atoms with van der Waals surface area (Å²) in [6.45, 7) is 7.43. The van der Waals surface area contributed by atoms with Crippen LogP contribution >= 0.6 is 0 Å². The lowest BCUT2D eigenvalue weighted by atomic mass is 10.4. The van der Waals surface area contributed by atoms with Crippen molar-refractivity contribution >= 4 is 0 Å². The molecule has 1 heterocycles. The van der Waals surface area contributed by atoms with Crippen molar-refractivity contribution in [2.75, 3.05) is 13.2 Å². The van der Waals surface area contributed by atoms with Gasteiger partial charge in [0.05, 0.1) is 0 Å². The van der Waals surface area contributed by atoms with Gasteiger partial charge in [-0.25, -0.2) is 0 Å². The normalized spacial score (nSPS) is 30.2. The third-order valence-corrected chi connectivity index (χ3v) is 1.82. The van der Waals surface area contributed by atoms with E-state index in [4.69, 9.17) is 14.2 Å². The van der Waals surface area contributed by atoms with Crippen LogP contribution in [0.1, 0.15) is 33.6 Å². The van der Waals surface area contributed by atoms with Crippen molar-refractivity contribution in [3.63, 3.8) is 0 Å². The van der Waals surface area contributed by atoms with Gasteiger partial charge in [-0.1, -0.05) is 13.3 Å². The molecule has 3 nitrogen and oxygen atoms in total. The van der Waals surface area contributed by atoms with Gasteiger partial charge in [0.2, 0.25) is 0 Å². The van der Waals surface area contributed by atoms with Crippen LogP contribution in [0.2, 0.25) is 0 Å². The van der Waals surface area contributed by atoms with E-state index in [0.717, 1.165) is 19.4 Å². The molecule has 0 spiro atoms. The molecule has 0 aromatic rings. The summed E-state index contributed by atoms with van der Waals surface area (Å²) >= 11 is 0. The third kappa shape index (κ3) is 3.52. The van der Waals surface area contributed by atoms with Crippen LogP contribution in [0.25, 0.3) is 0 Å². The monoisotopic (exact) mass is 174 g/mol. The predicted octanol–water partition coefficient (Wildman–Crippen LogP) is 1.91. The molecule has 0 bridgehead atoms. The van der Waals surface area contributed by atoms with E-state index in [1.165, 1.54) is 0 Å². The van der Waals surface area contributed by atoms with E-state index in [1.807, 2.05) is 13.8 Å². The molecular weight excluding hydrogens is 156 g/mol. The third-order valence-electron chi connectivity index (χ3n) is 1.82. The van der Waals surface area contributed by atoms with E-state index < -0.39 is 0 Å². The summed E-state index contributed by atoms with van der Waals surface area (Å²) in [5.74, 6) is -0.356. The minimum Gasteiger partial charge on any atom is -0.353 e. The molecule has 3 heteroatoms. The number of hydrogen-bond donors (Lipinski definition) is 0. The van der Waals surface area contributed by atoms with E-state index >= 15 is 0 Å². The average molecular weight is 174 g/mol. The minimum absolute atomic E-state index is 0.149. The molecule has 72 valence electrons. The first-order valence-corrected chi connectivity index (χ1v) is 4.60. The number of hydrogen-bond acceptors (Lipinski definition) is 3. The largest absolute Gasteiger partial charge is 0.353 e. The Bertz CT molecular complexity index is 132. The van der Waals surface area contributed by atoms with Gasteiger partial charge in [0, 0.05) is 6.61 Å². The summed E-state index contributed by atoms with van der Waals surface area (Å²) in [6, 6.07) is 0. The number of ether oxygens (including phenoxy) is 3. The smallest absolute Gasteiger partial charge is 0.192 e. The number of rotatable bonds is 6. The molecule has 1 saturated heterocycles. The standard InChI is InChI=1S/C9H18O3/c1-4-5-6-10-8(2)12-9(3)7-11-9/h8H,4-7H2,1-3H3. The van der Waals surface area contributed by atoms with Crippen molar-refractivity contribution in [3.8, 4) is 0 Å². The SMILES string of the molecule is CCCCOC(C)OC1(C)CO1. The molecule has 12 heavy (non-hydrogen) atoms. The molecule has 1 aliphatic heterocycles. The molecule has 1 fully saturated rings. The molecule has 0 aromatic carbocycles. The molecule has 0 saturated carbocycles. The Kier molecular flexibility index (Phi) is 3.50. The van der Waals surface area contributed by atoms with Gasteiger partial charge in [0.15, 0.2) is 12.1 Å². The summed E-state index contributed by atoms with van der Waals surface area (Å²) in [5, 5.41) is 0. The van der Waals surface area contributed by atoms with Crippen molar-refractivity contribution in [3.05, 3.63) is 0 Å². The zero-order valence-electron chi connectivity index (χ0n) is 8.13. The van der Waals surface area contributed by atoms with Crippen molar-refractivity contribution in [1.29, 1.82) is 0 Å². The van der Waals surface area contributed by atoms with Crippen LogP contribution in [0.4, 0.5) is 0 Å². The lowest BCUT2D eigenvalue weighted by Gasteiger charge is -2.16. The predicted molar refractivity (Wildman–Crippen MR) is 45.8 cm³/mol. The summed E-state index contributed by atoms with van der Waals surface area (Å²) < 4.78 is 15.9. The number of epoxide rings is 1. The first-order chi connectivity index (χ1) is 5.66. The van der Waals surface area contributed by atoms with Crippen molar-refractivity contribution in [1.82, 2.24) is 0 Å². The van der Waals surface area contributed by atoms with E-state index in [1.54, 1.807) is 0 Å². The van der Waals surface area contributed by atoms with Crippen molar-refractivity contribution in [2.45, 2.75) is 45.7 Å². The van der Waals surface area contributed by atoms with Gasteiger partial charge < -0.3 is 14.2 Å². The van der Waals surface area contributed by atoms with Gasteiger partial charge in [-0.2, -0.15) is 0 Å². The fraction of sp³-hybridized carbons (Fsp3) is 1.00. The molecule has 1 rings (SSSR count). The van der Waals surface area contributed by atoms with Gasteiger partial charge in [0.1, 0.15) is 6.61 Å². The zero-order chi connectivity index (χ0) is 9.03. The Hall–Kier alpha value is -0.120. The minimum atomic E-state index is -0.356. The molecule has 0 aromatic heterocycles. The van der Waals surface area contributed by atoms with Gasteiger partial charge in [0.25, 0.3) is 0 Å². The van der Waals surface area contributed by atoms with Crippen LogP contribution in [0.15, 0.2) is 0 Å². The van der Waals surface area contributed by atoms with E-state index in [-0.39, 0.29) is 12.1 Å². The highest BCUT2D eigenvalue weighted by molar-refractivity contribution is 4.75. The average Bonchev–Trinajstić information content (AvgIpc) is 2.68. The second kappa shape index (κ2) is 4.21. The van der Waals surface area contributed by atoms with Gasteiger partial charge in [-0.05, 0) is 20.3 Å². The molecule has 0 radical (unpaired) electrons. The van der Waals surface area contributed by atoms with E-state index in [2.05, 4.69) is 6.92 Å². The summed E-state index contributed by atoms with van der Waals surface area (Å²) in [7, 11) is 0. The van der Waals surface area contributed by atoms with E-state index in [9.17, 15) is 0 Å². The maximum absolute atomic E-state index is 5.45. The molecule has 0 N–H and O–H groups in total. The van der Waals surface area contributed by atoms with Crippen molar-refractivity contribution < 1.29 is 14.2 Å². The van der Waals surface area contributed by atoms with Crippen LogP contribution in [-0.4, -0.2) is 25.3 Å². The molecule has 1 aliphatic rings. The van der Waals surface area contributed by atoms with Gasteiger partial charge in [-0.3, -0.25) is 0 Å². The van der Waals surface area contributed by atoms with E-state index in [0.29, 0.717) is 6.61 Å². The highest BCUT2D eigenvalue weighted by Crippen LogP contribution is 2.28. The van der Waals surface area contributed by atoms with Crippen LogP contribution in [-0.2, 0) is 14.2 Å². The molecule has 0 aliphatic carbocycles. The van der Waals surface area contributed by atoms with Gasteiger partial charge >= 0.3 is 0 Å². The Labute approximate surface area is 74.0 Å². The van der Waals surface area contributed by atoms with Crippen LogP contribution in [0.3, 0.4) is 0 Å². The zero-order valence-corrected chi connectivity index (χ0v) is 8.13. The molecule has 2 atom stereocenters. The van der Waals surface area contributed by atoms with Crippen LogP contribution < -0.4 is 0 Å². The molecule has 2 unspecified atom stereocenters. The Morgan fingerprint density at radius 3 is 2.75 bits per heavy atom. The second-order valence-electron chi connectivity index (χ2n) is 3.33. The topological polar surface area (TPSA) is 31.0 Å². The first kappa shape index (κ1) is 9.96. The Morgan fingerprint density at radius 1 is 1.58 bits per heavy atom. The lowest BCUT2D eigenvalue weighted by molar-refractivity contribution is -0.192. The molecular formula is C9H18O3. The number of unbranched alkanes of at least 4 members (excludes halogenated alkanes) is 1. The summed E-state index contributed by atoms with van der Waals surface area (Å²) in [4.78, 5) is 0. The fourth-order valence-corrected chi connectivity index (χ4v) is 0.948. The quantitative estimate of drug-likeness (QED) is 0.350. The van der Waals surface area contributed by atoms with Crippen molar-refractivity contribution in [2.24, 2.45) is 0 Å². The highest BCUT2D eigenvalue weighted by Gasteiger charge is 2.42. The Balaban J connectivity index is 2.00. The summed E-state index contributed by atoms with van der Waals surface area (Å²) in [5.41, 5.74) is 0. The fourth-order valence-electron chi connectivity index (χ4n) is 0.948. The maximum atomic E-state index is 5.45. The maximum Gasteiger partial charge on any atom is 0.192 e. The lowest BCUT2D eigenvalue weighted by Crippen LogP contribution is -2.22. The van der Waals surface area contributed by atoms with Gasteiger partial charge in [-0.15, -0.1) is 0 Å². The molecule has 0 amide bonds. The highest BCUT2D eigenvalue weighted by atomic mass is 16.8. The second-order valence-corrected chi connectivity index (χ2v) is 3.33. The Morgan fingerprint density at radius 2 is 2.25 bits per heavy atom.